The van der Waals surface area contributed by atoms with Crippen LogP contribution in [0, 0.1) is 17.7 Å². The average Bonchev–Trinajstić information content (AvgIpc) is 3.39. The van der Waals surface area contributed by atoms with E-state index in [9.17, 15) is 14.4 Å². The SMILES string of the molecule is CCOc1ccc(N2C(=O)[C@@H]3[C@H](c4ccccc4F)N[C@@](C(=O)OC)(c4ccccc4)[C@H]3C2=O)cc1. The van der Waals surface area contributed by atoms with Crippen molar-refractivity contribution in [2.75, 3.05) is 18.6 Å². The van der Waals surface area contributed by atoms with Gasteiger partial charge in [0.1, 0.15) is 11.6 Å². The molecule has 0 saturated carbocycles. The lowest BCUT2D eigenvalue weighted by Crippen LogP contribution is -2.53. The Balaban J connectivity index is 1.69. The molecule has 3 aromatic carbocycles. The van der Waals surface area contributed by atoms with Crippen molar-refractivity contribution in [1.82, 2.24) is 5.32 Å². The summed E-state index contributed by atoms with van der Waals surface area (Å²) in [5.74, 6) is -3.94. The van der Waals surface area contributed by atoms with Gasteiger partial charge in [-0.05, 0) is 42.8 Å². The fraction of sp³-hybridized carbons (Fsp3) is 0.250. The molecule has 0 radical (unpaired) electrons. The van der Waals surface area contributed by atoms with Crippen molar-refractivity contribution in [2.24, 2.45) is 11.8 Å². The quantitative estimate of drug-likeness (QED) is 0.420. The first-order chi connectivity index (χ1) is 17.4. The van der Waals surface area contributed by atoms with Crippen LogP contribution in [0.1, 0.15) is 24.1 Å². The standard InChI is InChI=1S/C28H25FN2O5/c1-3-36-19-15-13-18(14-16-19)31-25(32)22-23(26(31)33)28(27(34)35-2,17-9-5-4-6-10-17)30-24(22)20-11-7-8-12-21(20)29/h4-16,22-24,30H,3H2,1-2H3/t22-,23+,24-,28-/m0/s1. The van der Waals surface area contributed by atoms with Crippen LogP contribution in [0.4, 0.5) is 10.1 Å². The smallest absolute Gasteiger partial charge is 0.331 e. The van der Waals surface area contributed by atoms with Gasteiger partial charge in [-0.3, -0.25) is 14.9 Å². The zero-order valence-electron chi connectivity index (χ0n) is 19.8. The number of hydrogen-bond donors (Lipinski definition) is 1. The Morgan fingerprint density at radius 2 is 1.64 bits per heavy atom. The van der Waals surface area contributed by atoms with Crippen LogP contribution < -0.4 is 15.0 Å². The highest BCUT2D eigenvalue weighted by Crippen LogP contribution is 2.54. The lowest BCUT2D eigenvalue weighted by atomic mass is 9.75. The highest BCUT2D eigenvalue weighted by molar-refractivity contribution is 6.24. The van der Waals surface area contributed by atoms with E-state index in [1.165, 1.54) is 13.2 Å². The van der Waals surface area contributed by atoms with Crippen molar-refractivity contribution >= 4 is 23.5 Å². The maximum atomic E-state index is 15.0. The van der Waals surface area contributed by atoms with Crippen molar-refractivity contribution in [2.45, 2.75) is 18.5 Å². The highest BCUT2D eigenvalue weighted by Gasteiger charge is 2.70. The van der Waals surface area contributed by atoms with Crippen LogP contribution in [-0.4, -0.2) is 31.5 Å². The summed E-state index contributed by atoms with van der Waals surface area (Å²) in [7, 11) is 1.23. The number of amides is 2. The molecule has 36 heavy (non-hydrogen) atoms. The normalized spacial score (nSPS) is 25.1. The van der Waals surface area contributed by atoms with Gasteiger partial charge in [-0.15, -0.1) is 0 Å². The molecule has 4 atom stereocenters. The molecule has 8 heteroatoms. The predicted octanol–water partition coefficient (Wildman–Crippen LogP) is 3.74. The lowest BCUT2D eigenvalue weighted by Gasteiger charge is -2.33. The van der Waals surface area contributed by atoms with Crippen LogP contribution in [0.3, 0.4) is 0 Å². The van der Waals surface area contributed by atoms with E-state index in [0.717, 1.165) is 4.90 Å². The Morgan fingerprint density at radius 1 is 0.972 bits per heavy atom. The van der Waals surface area contributed by atoms with Gasteiger partial charge < -0.3 is 9.47 Å². The second kappa shape index (κ2) is 9.20. The van der Waals surface area contributed by atoms with E-state index in [1.54, 1.807) is 72.8 Å². The zero-order chi connectivity index (χ0) is 25.4. The van der Waals surface area contributed by atoms with Gasteiger partial charge in [-0.25, -0.2) is 14.1 Å². The number of halogens is 1. The van der Waals surface area contributed by atoms with Gasteiger partial charge in [0.2, 0.25) is 11.8 Å². The summed E-state index contributed by atoms with van der Waals surface area (Å²) in [4.78, 5) is 42.5. The van der Waals surface area contributed by atoms with Crippen molar-refractivity contribution < 1.29 is 28.2 Å². The van der Waals surface area contributed by atoms with Gasteiger partial charge in [0.15, 0.2) is 5.54 Å². The Labute approximate surface area is 207 Å². The summed E-state index contributed by atoms with van der Waals surface area (Å²) in [5.41, 5.74) is -0.688. The topological polar surface area (TPSA) is 84.9 Å². The van der Waals surface area contributed by atoms with E-state index in [0.29, 0.717) is 23.6 Å². The first-order valence-electron chi connectivity index (χ1n) is 11.7. The van der Waals surface area contributed by atoms with Crippen molar-refractivity contribution in [1.29, 1.82) is 0 Å². The van der Waals surface area contributed by atoms with Gasteiger partial charge in [0.05, 0.1) is 31.2 Å². The van der Waals surface area contributed by atoms with Crippen LogP contribution >= 0.6 is 0 Å². The lowest BCUT2D eigenvalue weighted by molar-refractivity contribution is -0.152. The fourth-order valence-electron chi connectivity index (χ4n) is 5.45. The number of carbonyl (C=O) groups excluding carboxylic acids is 3. The van der Waals surface area contributed by atoms with E-state index in [1.807, 2.05) is 6.92 Å². The summed E-state index contributed by atoms with van der Waals surface area (Å²) >= 11 is 0. The molecule has 2 amide bonds. The van der Waals surface area contributed by atoms with Gasteiger partial charge >= 0.3 is 5.97 Å². The highest BCUT2D eigenvalue weighted by atomic mass is 19.1. The molecule has 2 fully saturated rings. The largest absolute Gasteiger partial charge is 0.494 e. The number of fused-ring (bicyclic) bond motifs is 1. The predicted molar refractivity (Wildman–Crippen MR) is 129 cm³/mol. The van der Waals surface area contributed by atoms with Crippen LogP contribution in [0.15, 0.2) is 78.9 Å². The Kier molecular flexibility index (Phi) is 6.05. The molecule has 1 N–H and O–H groups in total. The molecule has 3 aromatic rings. The Morgan fingerprint density at radius 3 is 2.28 bits per heavy atom. The zero-order valence-corrected chi connectivity index (χ0v) is 19.8. The molecule has 7 nitrogen and oxygen atoms in total. The molecule has 5 rings (SSSR count). The molecule has 2 heterocycles. The minimum atomic E-state index is -1.69. The average molecular weight is 489 g/mol. The van der Waals surface area contributed by atoms with E-state index >= 15 is 4.39 Å². The maximum Gasteiger partial charge on any atom is 0.331 e. The molecule has 2 aliphatic heterocycles. The van der Waals surface area contributed by atoms with Gasteiger partial charge in [-0.1, -0.05) is 48.5 Å². The van der Waals surface area contributed by atoms with Gasteiger partial charge in [-0.2, -0.15) is 0 Å². The van der Waals surface area contributed by atoms with E-state index < -0.39 is 47.0 Å². The summed E-state index contributed by atoms with van der Waals surface area (Å²) in [5, 5.41) is 3.19. The number of imide groups is 1. The Hall–Kier alpha value is -4.04. The third kappa shape index (κ3) is 3.48. The minimum absolute atomic E-state index is 0.198. The number of ether oxygens (including phenoxy) is 2. The van der Waals surface area contributed by atoms with Crippen molar-refractivity contribution in [3.05, 3.63) is 95.8 Å². The number of anilines is 1. The second-order valence-electron chi connectivity index (χ2n) is 8.75. The van der Waals surface area contributed by atoms with Crippen LogP contribution in [-0.2, 0) is 24.7 Å². The third-order valence-corrected chi connectivity index (χ3v) is 6.94. The van der Waals surface area contributed by atoms with Gasteiger partial charge in [0, 0.05) is 11.6 Å². The number of carbonyl (C=O) groups is 3. The van der Waals surface area contributed by atoms with Crippen molar-refractivity contribution in [3.63, 3.8) is 0 Å². The maximum absolute atomic E-state index is 15.0. The molecule has 0 aromatic heterocycles. The number of rotatable bonds is 6. The van der Waals surface area contributed by atoms with Crippen LogP contribution in [0.25, 0.3) is 0 Å². The molecule has 184 valence electrons. The third-order valence-electron chi connectivity index (χ3n) is 6.94. The second-order valence-corrected chi connectivity index (χ2v) is 8.75. The summed E-state index contributed by atoms with van der Waals surface area (Å²) in [6.45, 7) is 2.33. The number of benzene rings is 3. The molecule has 2 aliphatic rings. The van der Waals surface area contributed by atoms with Crippen LogP contribution in [0.2, 0.25) is 0 Å². The van der Waals surface area contributed by atoms with Gasteiger partial charge in [0.25, 0.3) is 0 Å². The molecule has 2 saturated heterocycles. The summed E-state index contributed by atoms with van der Waals surface area (Å²) < 4.78 is 25.7. The molecule has 0 aliphatic carbocycles. The number of esters is 1. The molecule has 0 bridgehead atoms. The molecule has 0 unspecified atom stereocenters. The number of hydrogen-bond acceptors (Lipinski definition) is 6. The van der Waals surface area contributed by atoms with Crippen LogP contribution in [0.5, 0.6) is 5.75 Å². The molecule has 0 spiro atoms. The van der Waals surface area contributed by atoms with E-state index in [4.69, 9.17) is 9.47 Å². The summed E-state index contributed by atoms with van der Waals surface area (Å²) in [6, 6.07) is 20.3. The molecular formula is C28H25FN2O5. The first-order valence-corrected chi connectivity index (χ1v) is 11.7. The van der Waals surface area contributed by atoms with E-state index in [-0.39, 0.29) is 5.56 Å². The fourth-order valence-corrected chi connectivity index (χ4v) is 5.45. The Bertz CT molecular complexity index is 1310. The summed E-state index contributed by atoms with van der Waals surface area (Å²) in [6.07, 6.45) is 0. The number of nitrogens with zero attached hydrogens (tertiary/aromatic N) is 1. The monoisotopic (exact) mass is 488 g/mol. The number of nitrogens with one attached hydrogen (secondary N) is 1. The van der Waals surface area contributed by atoms with E-state index in [2.05, 4.69) is 5.32 Å². The minimum Gasteiger partial charge on any atom is -0.494 e. The van der Waals surface area contributed by atoms with Crippen molar-refractivity contribution in [3.8, 4) is 5.75 Å². The first kappa shape index (κ1) is 23.7. The number of methoxy groups -OCH3 is 1. The molecular weight excluding hydrogens is 463 g/mol.